The molecule has 2 fully saturated rings. The van der Waals surface area contributed by atoms with Crippen molar-refractivity contribution in [3.05, 3.63) is 30.6 Å². The minimum Gasteiger partial charge on any atom is -0.497 e. The minimum atomic E-state index is -0.544. The molecule has 6 rings (SSSR count). The predicted octanol–water partition coefficient (Wildman–Crippen LogP) is 1.62. The van der Waals surface area contributed by atoms with E-state index in [1.165, 1.54) is 0 Å². The first-order valence-corrected chi connectivity index (χ1v) is 12.7. The molecule has 3 aromatic rings. The molecule has 0 aliphatic carbocycles. The molecule has 202 valence electrons. The van der Waals surface area contributed by atoms with E-state index < -0.39 is 6.10 Å². The lowest BCUT2D eigenvalue weighted by molar-refractivity contribution is -0.138. The van der Waals surface area contributed by atoms with Crippen LogP contribution in [0, 0.1) is 0 Å². The highest BCUT2D eigenvalue weighted by Gasteiger charge is 2.40. The normalized spacial score (nSPS) is 21.4. The van der Waals surface area contributed by atoms with Gasteiger partial charge in [-0.15, -0.1) is 0 Å². The number of benzene rings is 1. The number of ether oxygens (including phenoxy) is 6. The van der Waals surface area contributed by atoms with Crippen LogP contribution in [0.1, 0.15) is 6.42 Å². The van der Waals surface area contributed by atoms with E-state index in [4.69, 9.17) is 33.4 Å². The second kappa shape index (κ2) is 10.6. The number of carbonyl (C=O) groups is 1. The van der Waals surface area contributed by atoms with Gasteiger partial charge in [0.1, 0.15) is 24.6 Å². The molecule has 12 nitrogen and oxygen atoms in total. The van der Waals surface area contributed by atoms with Crippen LogP contribution in [0.2, 0.25) is 0 Å². The molecular formula is C26H31N5O7. The van der Waals surface area contributed by atoms with Gasteiger partial charge in [0.25, 0.3) is 11.8 Å². The number of carbonyl (C=O) groups excluding carboxylic acids is 1. The Hall–Kier alpha value is -3.61. The summed E-state index contributed by atoms with van der Waals surface area (Å²) in [5, 5.41) is 7.96. The van der Waals surface area contributed by atoms with Gasteiger partial charge in [-0.2, -0.15) is 10.1 Å². The average Bonchev–Trinajstić information content (AvgIpc) is 3.44. The number of fused-ring (bicyclic) bond motifs is 5. The molecular weight excluding hydrogens is 494 g/mol. The number of methoxy groups -OCH3 is 2. The number of anilines is 1. The first kappa shape index (κ1) is 24.7. The zero-order valence-corrected chi connectivity index (χ0v) is 21.4. The van der Waals surface area contributed by atoms with Gasteiger partial charge >= 0.3 is 0 Å². The summed E-state index contributed by atoms with van der Waals surface area (Å²) in [6, 6.07) is 5.69. The number of rotatable bonds is 7. The number of nitrogens with one attached hydrogen (secondary N) is 1. The van der Waals surface area contributed by atoms with Crippen LogP contribution >= 0.6 is 0 Å². The smallest absolute Gasteiger partial charge is 0.260 e. The van der Waals surface area contributed by atoms with Crippen molar-refractivity contribution in [1.29, 1.82) is 0 Å². The summed E-state index contributed by atoms with van der Waals surface area (Å²) >= 11 is 0. The third kappa shape index (κ3) is 4.82. The van der Waals surface area contributed by atoms with Crippen LogP contribution in [0.4, 0.5) is 5.69 Å². The first-order valence-electron chi connectivity index (χ1n) is 12.7. The average molecular weight is 526 g/mol. The van der Waals surface area contributed by atoms with Gasteiger partial charge in [-0.3, -0.25) is 4.79 Å². The standard InChI is InChI=1S/C26H31N5O7/c1-33-5-6-36-22-10-18-13-37-25-23(38-20-14-35-15-20)12-31-24(29-25)21(11-28-31)16-7-17(9-19(8-16)34-2)27-3-4-30(18)26(22)32/h7-9,11-12,18,20,22,27H,3-6,10,13-15H2,1-2H3/t18-,22?/m0/s1. The van der Waals surface area contributed by atoms with Gasteiger partial charge in [0, 0.05) is 43.9 Å². The summed E-state index contributed by atoms with van der Waals surface area (Å²) < 4.78 is 35.9. The van der Waals surface area contributed by atoms with Crippen molar-refractivity contribution >= 4 is 17.2 Å². The largest absolute Gasteiger partial charge is 0.497 e. The third-order valence-electron chi connectivity index (χ3n) is 6.97. The quantitative estimate of drug-likeness (QED) is 0.456. The number of nitrogens with zero attached hydrogens (tertiary/aromatic N) is 4. The van der Waals surface area contributed by atoms with Crippen molar-refractivity contribution in [2.75, 3.05) is 65.7 Å². The molecule has 0 spiro atoms. The van der Waals surface area contributed by atoms with E-state index >= 15 is 0 Å². The van der Waals surface area contributed by atoms with Gasteiger partial charge in [-0.1, -0.05) is 0 Å². The number of amides is 1. The Labute approximate surface area is 219 Å². The lowest BCUT2D eigenvalue weighted by Crippen LogP contribution is -2.41. The zero-order valence-electron chi connectivity index (χ0n) is 21.4. The number of hydrogen-bond acceptors (Lipinski definition) is 10. The van der Waals surface area contributed by atoms with Crippen LogP contribution in [0.3, 0.4) is 0 Å². The Morgan fingerprint density at radius 3 is 2.84 bits per heavy atom. The van der Waals surface area contributed by atoms with E-state index in [-0.39, 0.29) is 24.7 Å². The van der Waals surface area contributed by atoms with Gasteiger partial charge < -0.3 is 38.6 Å². The molecule has 0 saturated carbocycles. The van der Waals surface area contributed by atoms with Gasteiger partial charge in [0.15, 0.2) is 5.65 Å². The minimum absolute atomic E-state index is 0.0560. The van der Waals surface area contributed by atoms with E-state index in [1.807, 2.05) is 23.1 Å². The molecule has 12 heteroatoms. The maximum absolute atomic E-state index is 13.3. The van der Waals surface area contributed by atoms with E-state index in [0.29, 0.717) is 69.0 Å². The van der Waals surface area contributed by atoms with Gasteiger partial charge in [-0.05, 0) is 17.7 Å². The molecule has 3 aliphatic heterocycles. The number of hydrogen-bond donors (Lipinski definition) is 1. The highest BCUT2D eigenvalue weighted by atomic mass is 16.6. The number of aromatic nitrogens is 3. The van der Waals surface area contributed by atoms with Crippen molar-refractivity contribution < 1.29 is 33.2 Å². The van der Waals surface area contributed by atoms with Gasteiger partial charge in [0.2, 0.25) is 5.75 Å². The third-order valence-corrected chi connectivity index (χ3v) is 6.97. The van der Waals surface area contributed by atoms with E-state index in [2.05, 4.69) is 10.4 Å². The molecule has 1 unspecified atom stereocenters. The Morgan fingerprint density at radius 1 is 1.16 bits per heavy atom. The highest BCUT2D eigenvalue weighted by molar-refractivity contribution is 5.84. The molecule has 0 radical (unpaired) electrons. The van der Waals surface area contributed by atoms with Crippen LogP contribution in [0.15, 0.2) is 30.6 Å². The molecule has 2 saturated heterocycles. The monoisotopic (exact) mass is 525 g/mol. The maximum Gasteiger partial charge on any atom is 0.260 e. The fourth-order valence-corrected chi connectivity index (χ4v) is 4.90. The van der Waals surface area contributed by atoms with E-state index in [9.17, 15) is 4.79 Å². The van der Waals surface area contributed by atoms with Gasteiger partial charge in [0.05, 0.1) is 52.0 Å². The second-order valence-electron chi connectivity index (χ2n) is 9.48. The summed E-state index contributed by atoms with van der Waals surface area (Å²) in [6.45, 7) is 3.07. The van der Waals surface area contributed by atoms with Gasteiger partial charge in [-0.25, -0.2) is 4.52 Å². The molecule has 1 amide bonds. The first-order chi connectivity index (χ1) is 18.6. The molecule has 2 aromatic heterocycles. The van der Waals surface area contributed by atoms with Crippen LogP contribution in [0.25, 0.3) is 16.8 Å². The van der Waals surface area contributed by atoms with Crippen molar-refractivity contribution in [1.82, 2.24) is 19.5 Å². The molecule has 38 heavy (non-hydrogen) atoms. The van der Waals surface area contributed by atoms with Crippen LogP contribution in [0.5, 0.6) is 17.4 Å². The topological polar surface area (TPSA) is 118 Å². The Balaban J connectivity index is 1.38. The van der Waals surface area contributed by atoms with Crippen LogP contribution in [-0.2, 0) is 19.0 Å². The summed E-state index contributed by atoms with van der Waals surface area (Å²) in [5.41, 5.74) is 3.21. The second-order valence-corrected chi connectivity index (χ2v) is 9.48. The van der Waals surface area contributed by atoms with Crippen molar-refractivity contribution in [3.8, 4) is 28.5 Å². The molecule has 3 aliphatic rings. The Bertz CT molecular complexity index is 1310. The van der Waals surface area contributed by atoms with Crippen LogP contribution < -0.4 is 19.5 Å². The van der Waals surface area contributed by atoms with Crippen molar-refractivity contribution in [3.63, 3.8) is 0 Å². The Morgan fingerprint density at radius 2 is 2.05 bits per heavy atom. The van der Waals surface area contributed by atoms with Crippen molar-refractivity contribution in [2.24, 2.45) is 0 Å². The summed E-state index contributed by atoms with van der Waals surface area (Å²) in [4.78, 5) is 19.9. The van der Waals surface area contributed by atoms with Crippen molar-refractivity contribution in [2.45, 2.75) is 24.7 Å². The SMILES string of the molecule is COCCOC1C[C@H]2COc3nc4c(cnn4cc3OC3COC3)-c3cc(cc(OC)c3)NCCN2C1=O. The molecule has 1 aromatic carbocycles. The summed E-state index contributed by atoms with van der Waals surface area (Å²) in [6.07, 6.45) is 3.44. The van der Waals surface area contributed by atoms with E-state index in [0.717, 1.165) is 16.8 Å². The van der Waals surface area contributed by atoms with E-state index in [1.54, 1.807) is 31.1 Å². The summed E-state index contributed by atoms with van der Waals surface area (Å²) in [5.74, 6) is 1.46. The predicted molar refractivity (Wildman–Crippen MR) is 136 cm³/mol. The summed E-state index contributed by atoms with van der Waals surface area (Å²) in [7, 11) is 3.24. The molecule has 1 N–H and O–H groups in total. The lowest BCUT2D eigenvalue weighted by atomic mass is 10.1. The lowest BCUT2D eigenvalue weighted by Gasteiger charge is -2.28. The zero-order chi connectivity index (χ0) is 26.1. The Kier molecular flexibility index (Phi) is 6.92. The fourth-order valence-electron chi connectivity index (χ4n) is 4.90. The molecule has 5 heterocycles. The highest BCUT2D eigenvalue weighted by Crippen LogP contribution is 2.35. The molecule has 4 bridgehead atoms. The molecule has 2 atom stereocenters. The maximum atomic E-state index is 13.3. The fraction of sp³-hybridized carbons (Fsp3) is 0.500. The van der Waals surface area contributed by atoms with Crippen LogP contribution in [-0.4, -0.2) is 104 Å².